The zero-order chi connectivity index (χ0) is 26.2. The van der Waals surface area contributed by atoms with Gasteiger partial charge >= 0.3 is 0 Å². The lowest BCUT2D eigenvalue weighted by molar-refractivity contribution is -0.245. The Morgan fingerprint density at radius 1 is 0.895 bits per heavy atom. The largest absolute Gasteiger partial charge is 0.392 e. The molecule has 0 radical (unpaired) electrons. The average Bonchev–Trinajstić information content (AvgIpc) is 3.00. The van der Waals surface area contributed by atoms with Crippen molar-refractivity contribution in [1.29, 1.82) is 0 Å². The van der Waals surface area contributed by atoms with Crippen LogP contribution in [0.15, 0.2) is 108 Å². The molecular weight excluding hydrogens is 496 g/mol. The van der Waals surface area contributed by atoms with Gasteiger partial charge in [-0.05, 0) is 41.0 Å². The summed E-state index contributed by atoms with van der Waals surface area (Å²) in [5, 5.41) is 12.3. The highest BCUT2D eigenvalue weighted by Crippen LogP contribution is 2.39. The van der Waals surface area contributed by atoms with E-state index in [2.05, 4.69) is 22.4 Å². The Labute approximate surface area is 227 Å². The first-order valence-corrected chi connectivity index (χ1v) is 13.6. The molecule has 2 heterocycles. The van der Waals surface area contributed by atoms with Crippen LogP contribution in [0.5, 0.6) is 0 Å². The number of pyridine rings is 1. The smallest absolute Gasteiger partial charge is 0.253 e. The van der Waals surface area contributed by atoms with E-state index in [1.807, 2.05) is 66.7 Å². The third-order valence-electron chi connectivity index (χ3n) is 6.42. The zero-order valence-corrected chi connectivity index (χ0v) is 21.7. The van der Waals surface area contributed by atoms with Crippen molar-refractivity contribution >= 4 is 17.7 Å². The van der Waals surface area contributed by atoms with E-state index < -0.39 is 6.29 Å². The van der Waals surface area contributed by atoms with Gasteiger partial charge in [-0.25, -0.2) is 0 Å². The Balaban J connectivity index is 1.27. The van der Waals surface area contributed by atoms with E-state index in [4.69, 9.17) is 9.47 Å². The molecule has 5 rings (SSSR count). The maximum absolute atomic E-state index is 12.3. The molecule has 1 aliphatic heterocycles. The minimum atomic E-state index is -0.508. The van der Waals surface area contributed by atoms with Crippen molar-refractivity contribution in [3.05, 3.63) is 131 Å². The second-order valence-electron chi connectivity index (χ2n) is 9.14. The molecule has 3 atom stereocenters. The Hall–Kier alpha value is -3.49. The molecule has 3 aromatic carbocycles. The highest BCUT2D eigenvalue weighted by molar-refractivity contribution is 7.99. The summed E-state index contributed by atoms with van der Waals surface area (Å²) >= 11 is 1.78. The molecule has 194 valence electrons. The number of benzene rings is 3. The number of carbonyl (C=O) groups is 1. The fourth-order valence-corrected chi connectivity index (χ4v) is 5.25. The van der Waals surface area contributed by atoms with Gasteiger partial charge in [-0.15, -0.1) is 11.8 Å². The van der Waals surface area contributed by atoms with Gasteiger partial charge in [0.25, 0.3) is 5.91 Å². The van der Waals surface area contributed by atoms with E-state index in [1.54, 1.807) is 36.3 Å². The molecule has 4 aromatic rings. The summed E-state index contributed by atoms with van der Waals surface area (Å²) in [6, 6.07) is 29.7. The van der Waals surface area contributed by atoms with Gasteiger partial charge in [0.2, 0.25) is 0 Å². The third-order valence-corrected chi connectivity index (χ3v) is 7.57. The summed E-state index contributed by atoms with van der Waals surface area (Å²) in [5.41, 5.74) is 4.39. The van der Waals surface area contributed by atoms with E-state index in [-0.39, 0.29) is 24.7 Å². The lowest BCUT2D eigenvalue weighted by Gasteiger charge is -2.36. The summed E-state index contributed by atoms with van der Waals surface area (Å²) in [6.07, 6.45) is 3.31. The normalized spacial score (nSPS) is 19.1. The molecule has 3 unspecified atom stereocenters. The molecule has 1 aliphatic rings. The lowest BCUT2D eigenvalue weighted by Crippen LogP contribution is -2.31. The first-order chi connectivity index (χ1) is 18.7. The van der Waals surface area contributed by atoms with Crippen molar-refractivity contribution in [2.45, 2.75) is 43.0 Å². The number of hydrogen-bond donors (Lipinski definition) is 2. The van der Waals surface area contributed by atoms with Gasteiger partial charge in [-0.3, -0.25) is 9.78 Å². The second-order valence-corrected chi connectivity index (χ2v) is 10.2. The molecular formula is C31H30N2O4S. The minimum Gasteiger partial charge on any atom is -0.392 e. The Morgan fingerprint density at radius 3 is 2.34 bits per heavy atom. The standard InChI is InChI=1S/C31H30N2O4S/c34-20-23-10-12-24(13-11-23)29-17-27(21-38-28-6-2-1-3-7-28)36-31(37-29)25-14-8-22(9-15-25)18-33-30(35)26-5-4-16-32-19-26/h1-16,19,27,29,31,34H,17-18,20-21H2,(H,33,35). The highest BCUT2D eigenvalue weighted by atomic mass is 32.2. The number of rotatable bonds is 9. The fourth-order valence-electron chi connectivity index (χ4n) is 4.30. The van der Waals surface area contributed by atoms with E-state index in [0.717, 1.165) is 34.4 Å². The van der Waals surface area contributed by atoms with E-state index in [0.29, 0.717) is 12.1 Å². The van der Waals surface area contributed by atoms with E-state index in [9.17, 15) is 9.90 Å². The molecule has 1 fully saturated rings. The monoisotopic (exact) mass is 526 g/mol. The highest BCUT2D eigenvalue weighted by Gasteiger charge is 2.32. The Bertz CT molecular complexity index is 1300. The van der Waals surface area contributed by atoms with E-state index >= 15 is 0 Å². The number of carbonyl (C=O) groups excluding carboxylic acids is 1. The fraction of sp³-hybridized carbons (Fsp3) is 0.226. The van der Waals surface area contributed by atoms with Crippen molar-refractivity contribution in [3.63, 3.8) is 0 Å². The van der Waals surface area contributed by atoms with Crippen LogP contribution >= 0.6 is 11.8 Å². The van der Waals surface area contributed by atoms with Crippen molar-refractivity contribution in [2.24, 2.45) is 0 Å². The molecule has 1 aromatic heterocycles. The number of amides is 1. The van der Waals surface area contributed by atoms with Crippen LogP contribution in [0.2, 0.25) is 0 Å². The zero-order valence-electron chi connectivity index (χ0n) is 20.9. The quantitative estimate of drug-likeness (QED) is 0.267. The summed E-state index contributed by atoms with van der Waals surface area (Å²) in [7, 11) is 0. The Kier molecular flexibility index (Phi) is 8.83. The average molecular weight is 527 g/mol. The first kappa shape index (κ1) is 26.1. The summed E-state index contributed by atoms with van der Waals surface area (Å²) in [6.45, 7) is 0.430. The number of nitrogens with one attached hydrogen (secondary N) is 1. The van der Waals surface area contributed by atoms with Gasteiger partial charge in [0.15, 0.2) is 6.29 Å². The molecule has 1 amide bonds. The topological polar surface area (TPSA) is 80.7 Å². The minimum absolute atomic E-state index is 0.0000731. The molecule has 0 aliphatic carbocycles. The number of hydrogen-bond acceptors (Lipinski definition) is 6. The number of aliphatic hydroxyl groups excluding tert-OH is 1. The van der Waals surface area contributed by atoms with Crippen molar-refractivity contribution in [3.8, 4) is 0 Å². The number of thioether (sulfide) groups is 1. The Morgan fingerprint density at radius 2 is 1.63 bits per heavy atom. The number of ether oxygens (including phenoxy) is 2. The van der Waals surface area contributed by atoms with Crippen LogP contribution in [0.4, 0.5) is 0 Å². The van der Waals surface area contributed by atoms with Crippen molar-refractivity contribution in [2.75, 3.05) is 5.75 Å². The summed E-state index contributed by atoms with van der Waals surface area (Å²) in [5.74, 6) is 0.656. The molecule has 1 saturated heterocycles. The van der Waals surface area contributed by atoms with Crippen LogP contribution < -0.4 is 5.32 Å². The van der Waals surface area contributed by atoms with Crippen LogP contribution in [-0.4, -0.2) is 27.9 Å². The van der Waals surface area contributed by atoms with Crippen LogP contribution in [0.25, 0.3) is 0 Å². The number of aliphatic hydroxyl groups is 1. The second kappa shape index (κ2) is 12.8. The van der Waals surface area contributed by atoms with Gasteiger partial charge in [0.1, 0.15) is 0 Å². The molecule has 7 heteroatoms. The molecule has 38 heavy (non-hydrogen) atoms. The maximum Gasteiger partial charge on any atom is 0.253 e. The van der Waals surface area contributed by atoms with Gasteiger partial charge in [-0.2, -0.15) is 0 Å². The van der Waals surface area contributed by atoms with Gasteiger partial charge < -0.3 is 19.9 Å². The first-order valence-electron chi connectivity index (χ1n) is 12.6. The lowest BCUT2D eigenvalue weighted by atomic mass is 10.0. The SMILES string of the molecule is O=C(NCc1ccc(C2OC(CSc3ccccc3)CC(c3ccc(CO)cc3)O2)cc1)c1cccnc1. The predicted octanol–water partition coefficient (Wildman–Crippen LogP) is 5.84. The van der Waals surface area contributed by atoms with Crippen LogP contribution in [0.1, 0.15) is 51.4 Å². The molecule has 6 nitrogen and oxygen atoms in total. The van der Waals surface area contributed by atoms with Crippen molar-refractivity contribution in [1.82, 2.24) is 10.3 Å². The van der Waals surface area contributed by atoms with Crippen LogP contribution in [0, 0.1) is 0 Å². The van der Waals surface area contributed by atoms with Gasteiger partial charge in [0, 0.05) is 41.6 Å². The predicted molar refractivity (Wildman–Crippen MR) is 147 cm³/mol. The molecule has 2 N–H and O–H groups in total. The number of nitrogens with zero attached hydrogens (tertiary/aromatic N) is 1. The van der Waals surface area contributed by atoms with Gasteiger partial charge in [0.05, 0.1) is 24.4 Å². The molecule has 0 spiro atoms. The number of aromatic nitrogens is 1. The third kappa shape index (κ3) is 6.88. The molecule has 0 saturated carbocycles. The summed E-state index contributed by atoms with van der Waals surface area (Å²) < 4.78 is 12.9. The van der Waals surface area contributed by atoms with Crippen LogP contribution in [0.3, 0.4) is 0 Å². The maximum atomic E-state index is 12.3. The van der Waals surface area contributed by atoms with Gasteiger partial charge in [-0.1, -0.05) is 66.7 Å². The van der Waals surface area contributed by atoms with Crippen molar-refractivity contribution < 1.29 is 19.4 Å². The van der Waals surface area contributed by atoms with E-state index in [1.165, 1.54) is 4.90 Å². The summed E-state index contributed by atoms with van der Waals surface area (Å²) in [4.78, 5) is 17.5. The molecule has 0 bridgehead atoms. The van der Waals surface area contributed by atoms with Crippen LogP contribution in [-0.2, 0) is 22.6 Å².